The molecule has 0 radical (unpaired) electrons. The minimum atomic E-state index is -0.884. The van der Waals surface area contributed by atoms with E-state index in [0.29, 0.717) is 18.8 Å². The maximum atomic E-state index is 11.8. The van der Waals surface area contributed by atoms with Crippen LogP contribution in [0.1, 0.15) is 33.3 Å². The zero-order valence-corrected chi connectivity index (χ0v) is 13.2. The van der Waals surface area contributed by atoms with E-state index < -0.39 is 11.6 Å². The Hall–Kier alpha value is -1.75. The van der Waals surface area contributed by atoms with Gasteiger partial charge in [-0.25, -0.2) is 4.79 Å². The van der Waals surface area contributed by atoms with Crippen molar-refractivity contribution in [3.05, 3.63) is 29.8 Å². The van der Waals surface area contributed by atoms with Crippen LogP contribution in [0.5, 0.6) is 0 Å². The molecule has 2 rings (SSSR count). The van der Waals surface area contributed by atoms with Crippen LogP contribution in [-0.4, -0.2) is 35.2 Å². The highest BCUT2D eigenvalue weighted by Crippen LogP contribution is 2.41. The number of nitrogens with two attached hydrogens (primary N) is 1. The third-order valence-electron chi connectivity index (χ3n) is 4.40. The van der Waals surface area contributed by atoms with E-state index in [-0.39, 0.29) is 11.5 Å². The Morgan fingerprint density at radius 3 is 2.43 bits per heavy atom. The van der Waals surface area contributed by atoms with Crippen LogP contribution in [0.2, 0.25) is 0 Å². The fraction of sp³-hybridized carbons (Fsp3) is 0.562. The average molecular weight is 291 g/mol. The molecule has 5 nitrogen and oxygen atoms in total. The van der Waals surface area contributed by atoms with Gasteiger partial charge in [0.25, 0.3) is 0 Å². The van der Waals surface area contributed by atoms with E-state index in [4.69, 9.17) is 5.73 Å². The van der Waals surface area contributed by atoms with Crippen molar-refractivity contribution in [2.45, 2.75) is 39.3 Å². The molecule has 0 bridgehead atoms. The summed E-state index contributed by atoms with van der Waals surface area (Å²) in [6, 6.07) is 7.52. The summed E-state index contributed by atoms with van der Waals surface area (Å²) < 4.78 is 0. The summed E-state index contributed by atoms with van der Waals surface area (Å²) in [5.74, 6) is 0. The van der Waals surface area contributed by atoms with Crippen molar-refractivity contribution in [3.8, 4) is 0 Å². The van der Waals surface area contributed by atoms with Crippen LogP contribution in [-0.2, 0) is 5.54 Å². The number of nitrogens with one attached hydrogen (secondary N) is 1. The zero-order valence-electron chi connectivity index (χ0n) is 13.2. The van der Waals surface area contributed by atoms with Gasteiger partial charge < -0.3 is 16.2 Å². The summed E-state index contributed by atoms with van der Waals surface area (Å²) in [5, 5.41) is 13.2. The Morgan fingerprint density at radius 2 is 1.95 bits per heavy atom. The number of nitrogens with zero attached hydrogens (tertiary/aromatic N) is 1. The quantitative estimate of drug-likeness (QED) is 0.695. The molecule has 5 heteroatoms. The Balaban J connectivity index is 2.57. The normalized spacial score (nSPS) is 26.7. The Bertz CT molecular complexity index is 521. The molecule has 0 aromatic heterocycles. The number of nitrogen functional groups attached to an aromatic ring is 1. The number of hydrogen-bond donors (Lipinski definition) is 3. The molecule has 21 heavy (non-hydrogen) atoms. The molecular weight excluding hydrogens is 266 g/mol. The topological polar surface area (TPSA) is 78.6 Å². The van der Waals surface area contributed by atoms with Gasteiger partial charge >= 0.3 is 6.09 Å². The van der Waals surface area contributed by atoms with Crippen molar-refractivity contribution in [1.29, 1.82) is 0 Å². The van der Waals surface area contributed by atoms with Gasteiger partial charge in [-0.3, -0.25) is 4.90 Å². The van der Waals surface area contributed by atoms with E-state index >= 15 is 0 Å². The van der Waals surface area contributed by atoms with Gasteiger partial charge in [-0.15, -0.1) is 0 Å². The van der Waals surface area contributed by atoms with E-state index in [0.717, 1.165) is 5.56 Å². The molecular formula is C16H25N3O2. The number of amides is 1. The van der Waals surface area contributed by atoms with Crippen molar-refractivity contribution in [3.63, 3.8) is 0 Å². The van der Waals surface area contributed by atoms with Gasteiger partial charge in [0.05, 0.1) is 5.54 Å². The molecule has 116 valence electrons. The Labute approximate surface area is 126 Å². The van der Waals surface area contributed by atoms with E-state index in [1.165, 1.54) is 0 Å². The van der Waals surface area contributed by atoms with Gasteiger partial charge in [-0.2, -0.15) is 0 Å². The van der Waals surface area contributed by atoms with Gasteiger partial charge in [-0.1, -0.05) is 32.9 Å². The predicted molar refractivity (Wildman–Crippen MR) is 84.2 cm³/mol. The van der Waals surface area contributed by atoms with Crippen LogP contribution in [0.25, 0.3) is 0 Å². The lowest BCUT2D eigenvalue weighted by Crippen LogP contribution is -2.68. The average Bonchev–Trinajstić information content (AvgIpc) is 2.37. The molecule has 1 aliphatic rings. The van der Waals surface area contributed by atoms with Crippen molar-refractivity contribution in [2.75, 3.05) is 18.8 Å². The predicted octanol–water partition coefficient (Wildman–Crippen LogP) is 2.48. The zero-order chi connectivity index (χ0) is 15.8. The maximum Gasteiger partial charge on any atom is 0.408 e. The summed E-state index contributed by atoms with van der Waals surface area (Å²) >= 11 is 0. The van der Waals surface area contributed by atoms with E-state index in [9.17, 15) is 9.90 Å². The summed E-state index contributed by atoms with van der Waals surface area (Å²) in [5.41, 5.74) is 6.71. The van der Waals surface area contributed by atoms with Crippen molar-refractivity contribution in [1.82, 2.24) is 10.2 Å². The number of carboxylic acid groups (broad SMARTS) is 1. The van der Waals surface area contributed by atoms with Gasteiger partial charge in [0, 0.05) is 24.8 Å². The summed E-state index contributed by atoms with van der Waals surface area (Å²) in [6.45, 7) is 9.53. The first-order valence-corrected chi connectivity index (χ1v) is 7.27. The lowest BCUT2D eigenvalue weighted by atomic mass is 9.70. The lowest BCUT2D eigenvalue weighted by molar-refractivity contribution is -0.00134. The molecule has 1 aliphatic heterocycles. The second-order valence-corrected chi connectivity index (χ2v) is 6.96. The molecule has 1 saturated heterocycles. The highest BCUT2D eigenvalue weighted by molar-refractivity contribution is 5.67. The van der Waals surface area contributed by atoms with Crippen molar-refractivity contribution < 1.29 is 9.90 Å². The van der Waals surface area contributed by atoms with Crippen LogP contribution < -0.4 is 11.1 Å². The first-order valence-electron chi connectivity index (χ1n) is 7.27. The van der Waals surface area contributed by atoms with Crippen molar-refractivity contribution >= 4 is 11.8 Å². The second kappa shape index (κ2) is 5.22. The number of carbonyl (C=O) groups is 1. The summed E-state index contributed by atoms with van der Waals surface area (Å²) in [7, 11) is 0. The van der Waals surface area contributed by atoms with E-state index in [2.05, 4.69) is 26.1 Å². The molecule has 1 heterocycles. The molecule has 1 aromatic carbocycles. The molecule has 4 N–H and O–H groups in total. The first-order chi connectivity index (χ1) is 9.67. The number of rotatable bonds is 1. The third-order valence-corrected chi connectivity index (χ3v) is 4.40. The standard InChI is InChI=1S/C16H25N3O2/c1-15(2,3)13-16(4,11-5-7-12(17)8-6-11)19(14(20)21)10-9-18-13/h5-8,13,18H,9-10,17H2,1-4H3,(H,20,21). The molecule has 1 aromatic rings. The van der Waals surface area contributed by atoms with Crippen LogP contribution in [0, 0.1) is 5.41 Å². The van der Waals surface area contributed by atoms with Crippen LogP contribution in [0.15, 0.2) is 24.3 Å². The van der Waals surface area contributed by atoms with E-state index in [1.54, 1.807) is 4.90 Å². The van der Waals surface area contributed by atoms with Gasteiger partial charge in [-0.05, 0) is 30.0 Å². The SMILES string of the molecule is CC(C)(C)C1NCCN(C(=O)O)C1(C)c1ccc(N)cc1. The van der Waals surface area contributed by atoms with Crippen LogP contribution >= 0.6 is 0 Å². The monoisotopic (exact) mass is 291 g/mol. The molecule has 2 atom stereocenters. The number of hydrogen-bond acceptors (Lipinski definition) is 3. The first kappa shape index (κ1) is 15.6. The molecule has 1 amide bonds. The second-order valence-electron chi connectivity index (χ2n) is 6.96. The largest absolute Gasteiger partial charge is 0.465 e. The smallest absolute Gasteiger partial charge is 0.408 e. The van der Waals surface area contributed by atoms with Gasteiger partial charge in [0.2, 0.25) is 0 Å². The molecule has 0 spiro atoms. The fourth-order valence-corrected chi connectivity index (χ4v) is 3.49. The highest BCUT2D eigenvalue weighted by Gasteiger charge is 2.50. The molecule has 0 saturated carbocycles. The lowest BCUT2D eigenvalue weighted by Gasteiger charge is -2.54. The van der Waals surface area contributed by atoms with Gasteiger partial charge in [0.15, 0.2) is 0 Å². The fourth-order valence-electron chi connectivity index (χ4n) is 3.49. The van der Waals surface area contributed by atoms with Crippen molar-refractivity contribution in [2.24, 2.45) is 5.41 Å². The summed E-state index contributed by atoms with van der Waals surface area (Å²) in [6.07, 6.45) is -0.884. The number of benzene rings is 1. The minimum absolute atomic E-state index is 0.0125. The minimum Gasteiger partial charge on any atom is -0.465 e. The Morgan fingerprint density at radius 1 is 1.38 bits per heavy atom. The molecule has 1 fully saturated rings. The van der Waals surface area contributed by atoms with E-state index in [1.807, 2.05) is 31.2 Å². The van der Waals surface area contributed by atoms with Crippen LogP contribution in [0.4, 0.5) is 10.5 Å². The maximum absolute atomic E-state index is 11.8. The number of piperazine rings is 1. The number of anilines is 1. The van der Waals surface area contributed by atoms with Gasteiger partial charge in [0.1, 0.15) is 0 Å². The Kier molecular flexibility index (Phi) is 3.89. The summed E-state index contributed by atoms with van der Waals surface area (Å²) in [4.78, 5) is 13.3. The molecule has 2 unspecified atom stereocenters. The highest BCUT2D eigenvalue weighted by atomic mass is 16.4. The van der Waals surface area contributed by atoms with Crippen LogP contribution in [0.3, 0.4) is 0 Å². The molecule has 0 aliphatic carbocycles. The third kappa shape index (κ3) is 2.70.